The van der Waals surface area contributed by atoms with E-state index in [0.29, 0.717) is 6.42 Å². The summed E-state index contributed by atoms with van der Waals surface area (Å²) in [5.41, 5.74) is 0.885. The normalized spacial score (nSPS) is 23.7. The Labute approximate surface area is 105 Å². The van der Waals surface area contributed by atoms with Gasteiger partial charge in [0, 0.05) is 19.0 Å². The molecule has 2 rings (SSSR count). The van der Waals surface area contributed by atoms with Crippen LogP contribution in [0.4, 0.5) is 4.79 Å². The Kier molecular flexibility index (Phi) is 3.50. The maximum atomic E-state index is 11.2. The lowest BCUT2D eigenvalue weighted by atomic mass is 9.81. The summed E-state index contributed by atoms with van der Waals surface area (Å²) in [6.45, 7) is 0.534. The average molecular weight is 249 g/mol. The quantitative estimate of drug-likeness (QED) is 0.838. The third-order valence-electron chi connectivity index (χ3n) is 3.43. The van der Waals surface area contributed by atoms with Crippen LogP contribution in [0.3, 0.4) is 0 Å². The summed E-state index contributed by atoms with van der Waals surface area (Å²) in [6.07, 6.45) is -0.624. The highest BCUT2D eigenvalue weighted by molar-refractivity contribution is 5.73. The number of hydrogen-bond donors (Lipinski definition) is 2. The summed E-state index contributed by atoms with van der Waals surface area (Å²) in [7, 11) is 0. The number of amides is 1. The van der Waals surface area contributed by atoms with Crippen LogP contribution in [0.5, 0.6) is 0 Å². The van der Waals surface area contributed by atoms with Gasteiger partial charge in [0.1, 0.15) is 0 Å². The van der Waals surface area contributed by atoms with E-state index in [4.69, 9.17) is 5.11 Å². The number of carboxylic acid groups (broad SMARTS) is 2. The predicted molar refractivity (Wildman–Crippen MR) is 64.5 cm³/mol. The molecule has 1 amide bonds. The summed E-state index contributed by atoms with van der Waals surface area (Å²) in [4.78, 5) is 23.5. The van der Waals surface area contributed by atoms with Gasteiger partial charge in [0.05, 0.1) is 5.92 Å². The molecule has 5 nitrogen and oxygen atoms in total. The minimum Gasteiger partial charge on any atom is -0.481 e. The molecule has 18 heavy (non-hydrogen) atoms. The molecule has 0 aliphatic carbocycles. The topological polar surface area (TPSA) is 77.8 Å². The van der Waals surface area contributed by atoms with Crippen molar-refractivity contribution in [1.82, 2.24) is 4.90 Å². The number of carboxylic acids is 1. The SMILES string of the molecule is O=C(O)C1CCN(C(=O)O)CC1c1ccccc1. The number of nitrogens with zero attached hydrogens (tertiary/aromatic N) is 1. The fourth-order valence-corrected chi connectivity index (χ4v) is 2.46. The molecule has 1 heterocycles. The second-order valence-electron chi connectivity index (χ2n) is 4.48. The lowest BCUT2D eigenvalue weighted by Crippen LogP contribution is -2.44. The fourth-order valence-electron chi connectivity index (χ4n) is 2.46. The van der Waals surface area contributed by atoms with Crippen LogP contribution >= 0.6 is 0 Å². The van der Waals surface area contributed by atoms with E-state index in [1.165, 1.54) is 4.90 Å². The summed E-state index contributed by atoms with van der Waals surface area (Å²) >= 11 is 0. The first-order valence-corrected chi connectivity index (χ1v) is 5.85. The molecular formula is C13H15NO4. The molecule has 96 valence electrons. The van der Waals surface area contributed by atoms with Crippen LogP contribution < -0.4 is 0 Å². The van der Waals surface area contributed by atoms with Crippen molar-refractivity contribution in [3.8, 4) is 0 Å². The van der Waals surface area contributed by atoms with Crippen molar-refractivity contribution >= 4 is 12.1 Å². The van der Waals surface area contributed by atoms with Crippen molar-refractivity contribution in [3.05, 3.63) is 35.9 Å². The predicted octanol–water partition coefficient (Wildman–Crippen LogP) is 1.85. The van der Waals surface area contributed by atoms with E-state index in [1.54, 1.807) is 0 Å². The molecule has 1 aliphatic heterocycles. The Hall–Kier alpha value is -2.04. The molecule has 0 aromatic heterocycles. The molecule has 1 aliphatic rings. The van der Waals surface area contributed by atoms with Crippen molar-refractivity contribution < 1.29 is 19.8 Å². The molecule has 5 heteroatoms. The molecule has 1 aromatic rings. The number of likely N-dealkylation sites (tertiary alicyclic amines) is 1. The zero-order chi connectivity index (χ0) is 13.1. The molecule has 1 aromatic carbocycles. The molecule has 0 radical (unpaired) electrons. The van der Waals surface area contributed by atoms with Gasteiger partial charge in [-0.15, -0.1) is 0 Å². The van der Waals surface area contributed by atoms with E-state index in [9.17, 15) is 14.7 Å². The van der Waals surface area contributed by atoms with Crippen molar-refractivity contribution in [2.45, 2.75) is 12.3 Å². The molecule has 1 fully saturated rings. The third-order valence-corrected chi connectivity index (χ3v) is 3.43. The first kappa shape index (κ1) is 12.4. The molecule has 2 unspecified atom stereocenters. The van der Waals surface area contributed by atoms with Gasteiger partial charge >= 0.3 is 12.1 Å². The van der Waals surface area contributed by atoms with Gasteiger partial charge in [0.25, 0.3) is 0 Å². The first-order chi connectivity index (χ1) is 8.59. The monoisotopic (exact) mass is 249 g/mol. The standard InChI is InChI=1S/C13H15NO4/c15-12(16)10-6-7-14(13(17)18)8-11(10)9-4-2-1-3-5-9/h1-5,10-11H,6-8H2,(H,15,16)(H,17,18). The molecule has 0 spiro atoms. The summed E-state index contributed by atoms with van der Waals surface area (Å²) < 4.78 is 0. The highest BCUT2D eigenvalue weighted by atomic mass is 16.4. The lowest BCUT2D eigenvalue weighted by molar-refractivity contribution is -0.144. The number of piperidine rings is 1. The minimum atomic E-state index is -0.986. The number of hydrogen-bond acceptors (Lipinski definition) is 2. The van der Waals surface area contributed by atoms with Gasteiger partial charge in [-0.2, -0.15) is 0 Å². The second kappa shape index (κ2) is 5.08. The lowest BCUT2D eigenvalue weighted by Gasteiger charge is -2.35. The first-order valence-electron chi connectivity index (χ1n) is 5.85. The molecule has 0 saturated carbocycles. The fraction of sp³-hybridized carbons (Fsp3) is 0.385. The summed E-state index contributed by atoms with van der Waals surface area (Å²) in [5, 5.41) is 18.2. The molecule has 0 bridgehead atoms. The number of benzene rings is 1. The zero-order valence-corrected chi connectivity index (χ0v) is 9.82. The van der Waals surface area contributed by atoms with E-state index < -0.39 is 18.0 Å². The van der Waals surface area contributed by atoms with Crippen molar-refractivity contribution in [3.63, 3.8) is 0 Å². The van der Waals surface area contributed by atoms with E-state index in [-0.39, 0.29) is 19.0 Å². The Balaban J connectivity index is 2.25. The van der Waals surface area contributed by atoms with E-state index in [0.717, 1.165) is 5.56 Å². The van der Waals surface area contributed by atoms with Gasteiger partial charge in [-0.05, 0) is 12.0 Å². The summed E-state index contributed by atoms with van der Waals surface area (Å²) in [5.74, 6) is -1.63. The largest absolute Gasteiger partial charge is 0.481 e. The Morgan fingerprint density at radius 2 is 1.83 bits per heavy atom. The van der Waals surface area contributed by atoms with E-state index >= 15 is 0 Å². The van der Waals surface area contributed by atoms with Crippen LogP contribution in [0.15, 0.2) is 30.3 Å². The van der Waals surface area contributed by atoms with Gasteiger partial charge < -0.3 is 15.1 Å². The number of rotatable bonds is 2. The maximum absolute atomic E-state index is 11.2. The molecule has 1 saturated heterocycles. The Morgan fingerprint density at radius 3 is 2.39 bits per heavy atom. The Morgan fingerprint density at radius 1 is 1.17 bits per heavy atom. The number of carbonyl (C=O) groups is 2. The molecule has 2 atom stereocenters. The third kappa shape index (κ3) is 2.45. The van der Waals surface area contributed by atoms with Crippen LogP contribution in [0.2, 0.25) is 0 Å². The summed E-state index contributed by atoms with van der Waals surface area (Å²) in [6, 6.07) is 9.25. The van der Waals surface area contributed by atoms with E-state index in [2.05, 4.69) is 0 Å². The highest BCUT2D eigenvalue weighted by Crippen LogP contribution is 2.32. The van der Waals surface area contributed by atoms with Gasteiger partial charge in [0.2, 0.25) is 0 Å². The maximum Gasteiger partial charge on any atom is 0.407 e. The van der Waals surface area contributed by atoms with Crippen molar-refractivity contribution in [2.75, 3.05) is 13.1 Å². The molecule has 2 N–H and O–H groups in total. The van der Waals surface area contributed by atoms with E-state index in [1.807, 2.05) is 30.3 Å². The second-order valence-corrected chi connectivity index (χ2v) is 4.48. The van der Waals surface area contributed by atoms with Crippen LogP contribution in [-0.2, 0) is 4.79 Å². The zero-order valence-electron chi connectivity index (χ0n) is 9.82. The van der Waals surface area contributed by atoms with Crippen molar-refractivity contribution in [2.24, 2.45) is 5.92 Å². The van der Waals surface area contributed by atoms with Crippen molar-refractivity contribution in [1.29, 1.82) is 0 Å². The van der Waals surface area contributed by atoms with Gasteiger partial charge in [0.15, 0.2) is 0 Å². The Bertz CT molecular complexity index is 446. The van der Waals surface area contributed by atoms with Crippen LogP contribution in [0.25, 0.3) is 0 Å². The smallest absolute Gasteiger partial charge is 0.407 e. The van der Waals surface area contributed by atoms with Gasteiger partial charge in [-0.3, -0.25) is 4.79 Å². The van der Waals surface area contributed by atoms with Crippen LogP contribution in [0, 0.1) is 5.92 Å². The average Bonchev–Trinajstić information content (AvgIpc) is 2.39. The minimum absolute atomic E-state index is 0.246. The van der Waals surface area contributed by atoms with Gasteiger partial charge in [-0.25, -0.2) is 4.79 Å². The molecular weight excluding hydrogens is 234 g/mol. The number of aliphatic carboxylic acids is 1. The van der Waals surface area contributed by atoms with Crippen LogP contribution in [-0.4, -0.2) is 40.3 Å². The highest BCUT2D eigenvalue weighted by Gasteiger charge is 2.36. The van der Waals surface area contributed by atoms with Crippen LogP contribution in [0.1, 0.15) is 17.9 Å². The van der Waals surface area contributed by atoms with Gasteiger partial charge in [-0.1, -0.05) is 30.3 Å².